The smallest absolute Gasteiger partial charge is 0.138 e. The number of carbonyl (C=O) groups excluding carboxylic acids is 1. The first-order valence-electron chi connectivity index (χ1n) is 14.8. The minimum atomic E-state index is 0.178. The molecular formula is C31H65N4O2P. The molecular weight excluding hydrogens is 491 g/mol. The van der Waals surface area contributed by atoms with E-state index in [2.05, 4.69) is 58.4 Å². The van der Waals surface area contributed by atoms with E-state index in [4.69, 9.17) is 21.4 Å². The number of nitrogens with one attached hydrogen (secondary N) is 1. The van der Waals surface area contributed by atoms with Gasteiger partial charge in [0, 0.05) is 18.4 Å². The molecule has 0 saturated carbocycles. The number of nitrogens with two attached hydrogens (primary N) is 2. The zero-order valence-electron chi connectivity index (χ0n) is 26.7. The quantitative estimate of drug-likeness (QED) is 0.0604. The van der Waals surface area contributed by atoms with Gasteiger partial charge in [-0.05, 0) is 102 Å². The van der Waals surface area contributed by atoms with Crippen molar-refractivity contribution < 1.29 is 9.90 Å². The highest BCUT2D eigenvalue weighted by Crippen LogP contribution is 2.24. The van der Waals surface area contributed by atoms with Crippen LogP contribution in [0.2, 0.25) is 0 Å². The van der Waals surface area contributed by atoms with E-state index >= 15 is 0 Å². The maximum atomic E-state index is 9.16. The molecule has 6 nitrogen and oxygen atoms in total. The molecule has 0 aliphatic heterocycles. The van der Waals surface area contributed by atoms with Crippen LogP contribution in [0.3, 0.4) is 0 Å². The Morgan fingerprint density at radius 3 is 2.05 bits per heavy atom. The molecule has 1 rings (SSSR count). The maximum absolute atomic E-state index is 9.16. The predicted octanol–water partition coefficient (Wildman–Crippen LogP) is 7.09. The van der Waals surface area contributed by atoms with Gasteiger partial charge in [-0.25, -0.2) is 0 Å². The number of carbonyl (C=O) groups is 1. The number of aryl methyl sites for hydroxylation is 2. The summed E-state index contributed by atoms with van der Waals surface area (Å²) in [5, 5.41) is 12.4. The van der Waals surface area contributed by atoms with Crippen molar-refractivity contribution in [1.82, 2.24) is 10.2 Å². The summed E-state index contributed by atoms with van der Waals surface area (Å²) < 4.78 is 0. The van der Waals surface area contributed by atoms with Gasteiger partial charge in [-0.15, -0.1) is 8.58 Å². The molecule has 6 N–H and O–H groups in total. The van der Waals surface area contributed by atoms with E-state index in [-0.39, 0.29) is 5.75 Å². The number of aromatic hydroxyl groups is 1. The summed E-state index contributed by atoms with van der Waals surface area (Å²) in [5.74, 6) is 1.03. The first kappa shape index (κ1) is 41.3. The Morgan fingerprint density at radius 2 is 1.66 bits per heavy atom. The van der Waals surface area contributed by atoms with Gasteiger partial charge in [0.25, 0.3) is 0 Å². The van der Waals surface area contributed by atoms with Gasteiger partial charge in [0.15, 0.2) is 0 Å². The highest BCUT2D eigenvalue weighted by atomic mass is 31.1. The summed E-state index contributed by atoms with van der Waals surface area (Å²) in [6.07, 6.45) is 10.7. The lowest BCUT2D eigenvalue weighted by Gasteiger charge is -2.33. The largest absolute Gasteiger partial charge is 0.506 e. The van der Waals surface area contributed by atoms with E-state index in [0.717, 1.165) is 44.9 Å². The molecule has 1 aromatic rings. The van der Waals surface area contributed by atoms with E-state index in [1.54, 1.807) is 6.07 Å². The Hall–Kier alpha value is -1.20. The third-order valence-electron chi connectivity index (χ3n) is 6.42. The minimum Gasteiger partial charge on any atom is -0.506 e. The van der Waals surface area contributed by atoms with E-state index in [1.807, 2.05) is 19.9 Å². The third-order valence-corrected chi connectivity index (χ3v) is 7.02. The van der Waals surface area contributed by atoms with Gasteiger partial charge in [-0.1, -0.05) is 60.5 Å². The van der Waals surface area contributed by atoms with Crippen molar-refractivity contribution in [2.24, 2.45) is 11.7 Å². The molecule has 0 aliphatic rings. The van der Waals surface area contributed by atoms with Gasteiger partial charge in [-0.3, -0.25) is 0 Å². The maximum Gasteiger partial charge on any atom is 0.138 e. The van der Waals surface area contributed by atoms with Crippen LogP contribution < -0.4 is 16.8 Å². The van der Waals surface area contributed by atoms with Crippen LogP contribution in [0.5, 0.6) is 5.75 Å². The monoisotopic (exact) mass is 556 g/mol. The molecule has 0 bridgehead atoms. The molecule has 0 radical (unpaired) electrons. The Labute approximate surface area is 238 Å². The number of anilines is 1. The fourth-order valence-electron chi connectivity index (χ4n) is 3.86. The van der Waals surface area contributed by atoms with Crippen LogP contribution in [0.15, 0.2) is 12.1 Å². The summed E-state index contributed by atoms with van der Waals surface area (Å²) >= 11 is 0. The van der Waals surface area contributed by atoms with E-state index in [0.29, 0.717) is 17.8 Å². The molecule has 0 heterocycles. The fourth-order valence-corrected chi connectivity index (χ4v) is 4.36. The lowest BCUT2D eigenvalue weighted by atomic mass is 9.98. The summed E-state index contributed by atoms with van der Waals surface area (Å²) in [4.78, 5) is 11.5. The SMILES string of the molecule is CC=O.CCCC(CC(N)CC)N(CCC)CCC(C)CC.CCNCPC.Cc1cc(C)c(N)c(O)c1. The van der Waals surface area contributed by atoms with E-state index < -0.39 is 0 Å². The van der Waals surface area contributed by atoms with Crippen LogP contribution in [0.1, 0.15) is 105 Å². The van der Waals surface area contributed by atoms with Gasteiger partial charge in [-0.2, -0.15) is 0 Å². The minimum absolute atomic E-state index is 0.178. The average molecular weight is 557 g/mol. The number of nitrogens with zero attached hydrogens (tertiary/aromatic N) is 1. The Morgan fingerprint density at radius 1 is 1.05 bits per heavy atom. The number of nitrogen functional groups attached to an aromatic ring is 1. The first-order chi connectivity index (χ1) is 18.0. The number of hydrogen-bond acceptors (Lipinski definition) is 6. The first-order valence-corrected chi connectivity index (χ1v) is 16.5. The number of rotatable bonds is 15. The molecule has 0 aromatic heterocycles. The van der Waals surface area contributed by atoms with Crippen molar-refractivity contribution in [3.05, 3.63) is 23.3 Å². The van der Waals surface area contributed by atoms with Crippen molar-refractivity contribution in [3.63, 3.8) is 0 Å². The highest BCUT2D eigenvalue weighted by molar-refractivity contribution is 7.36. The van der Waals surface area contributed by atoms with Crippen molar-refractivity contribution in [1.29, 1.82) is 0 Å². The Kier molecular flexibility index (Phi) is 31.3. The molecule has 0 saturated heterocycles. The summed E-state index contributed by atoms with van der Waals surface area (Å²) in [5.41, 5.74) is 14.1. The van der Waals surface area contributed by atoms with Crippen LogP contribution in [-0.2, 0) is 4.79 Å². The van der Waals surface area contributed by atoms with Gasteiger partial charge in [0.1, 0.15) is 12.0 Å². The van der Waals surface area contributed by atoms with Gasteiger partial charge < -0.3 is 31.6 Å². The Balaban J connectivity index is -0.000000531. The second-order valence-corrected chi connectivity index (χ2v) is 11.1. The second kappa shape index (κ2) is 28.8. The number of benzene rings is 1. The van der Waals surface area contributed by atoms with Gasteiger partial charge in [0.05, 0.1) is 5.69 Å². The molecule has 4 unspecified atom stereocenters. The second-order valence-electron chi connectivity index (χ2n) is 10.1. The van der Waals surface area contributed by atoms with Crippen molar-refractivity contribution in [3.8, 4) is 5.75 Å². The topological polar surface area (TPSA) is 105 Å². The fraction of sp³-hybridized carbons (Fsp3) is 0.774. The molecule has 7 heteroatoms. The van der Waals surface area contributed by atoms with Crippen LogP contribution in [0.25, 0.3) is 0 Å². The number of hydrogen-bond donors (Lipinski definition) is 4. The molecule has 38 heavy (non-hydrogen) atoms. The predicted molar refractivity (Wildman–Crippen MR) is 174 cm³/mol. The van der Waals surface area contributed by atoms with E-state index in [1.165, 1.54) is 64.8 Å². The van der Waals surface area contributed by atoms with Crippen molar-refractivity contribution in [2.75, 3.05) is 38.3 Å². The van der Waals surface area contributed by atoms with Gasteiger partial charge in [0.2, 0.25) is 0 Å². The molecule has 1 aromatic carbocycles. The highest BCUT2D eigenvalue weighted by Gasteiger charge is 2.19. The molecule has 0 fully saturated rings. The normalized spacial score (nSPS) is 12.9. The Bertz CT molecular complexity index is 634. The summed E-state index contributed by atoms with van der Waals surface area (Å²) in [6.45, 7) is 24.6. The summed E-state index contributed by atoms with van der Waals surface area (Å²) in [6, 6.07) is 4.67. The van der Waals surface area contributed by atoms with Crippen LogP contribution in [0.4, 0.5) is 5.69 Å². The average Bonchev–Trinajstić information content (AvgIpc) is 2.89. The number of aldehydes is 1. The molecule has 4 atom stereocenters. The molecule has 0 spiro atoms. The van der Waals surface area contributed by atoms with Gasteiger partial charge >= 0.3 is 0 Å². The number of phenols is 1. The molecule has 0 aliphatic carbocycles. The third kappa shape index (κ3) is 23.9. The lowest BCUT2D eigenvalue weighted by molar-refractivity contribution is -0.106. The zero-order valence-corrected chi connectivity index (χ0v) is 27.7. The zero-order chi connectivity index (χ0) is 29.9. The standard InChI is InChI=1S/C17H38N2.C8H11NO.C4H12NP.C2H4O/c1-6-10-17(14-16(18)9-4)19(12-7-2)13-11-15(5)8-3;1-5-3-6(2)8(9)7(10)4-5;1-3-5-4-6-2;1-2-3/h15-17H,6-14,18H2,1-5H3;3-4,10H,9H2,1-2H3;5-6H,3-4H2,1-2H3;2H,1H3. The van der Waals surface area contributed by atoms with Crippen LogP contribution >= 0.6 is 8.58 Å². The van der Waals surface area contributed by atoms with Crippen LogP contribution in [-0.4, -0.2) is 61.0 Å². The molecule has 0 amide bonds. The van der Waals surface area contributed by atoms with Crippen molar-refractivity contribution in [2.45, 2.75) is 119 Å². The molecule has 226 valence electrons. The van der Waals surface area contributed by atoms with E-state index in [9.17, 15) is 0 Å². The lowest BCUT2D eigenvalue weighted by Crippen LogP contribution is -2.41. The van der Waals surface area contributed by atoms with Crippen molar-refractivity contribution >= 4 is 20.6 Å². The summed E-state index contributed by atoms with van der Waals surface area (Å²) in [7, 11) is 1.05. The number of phenolic OH excluding ortho intramolecular Hbond substituents is 1. The van der Waals surface area contributed by atoms with Crippen LogP contribution in [0, 0.1) is 19.8 Å².